The van der Waals surface area contributed by atoms with Crippen molar-refractivity contribution in [2.24, 2.45) is 5.92 Å². The fraction of sp³-hybridized carbons (Fsp3) is 0.412. The van der Waals surface area contributed by atoms with Gasteiger partial charge in [-0.2, -0.15) is 0 Å². The Balaban J connectivity index is 1.92. The van der Waals surface area contributed by atoms with Crippen LogP contribution in [-0.2, 0) is 17.8 Å². The minimum atomic E-state index is -0.965. The van der Waals surface area contributed by atoms with Crippen molar-refractivity contribution < 1.29 is 19.4 Å². The van der Waals surface area contributed by atoms with Crippen molar-refractivity contribution in [3.05, 3.63) is 35.3 Å². The summed E-state index contributed by atoms with van der Waals surface area (Å²) in [5.74, 6) is -0.809. The number of nitrogens with zero attached hydrogens (tertiary/aromatic N) is 2. The molecule has 1 aromatic carbocycles. The van der Waals surface area contributed by atoms with Crippen molar-refractivity contribution in [1.82, 2.24) is 9.78 Å². The maximum atomic E-state index is 14.2. The molecule has 1 aliphatic rings. The van der Waals surface area contributed by atoms with Crippen LogP contribution >= 0.6 is 0 Å². The number of benzene rings is 1. The van der Waals surface area contributed by atoms with Crippen LogP contribution < -0.4 is 0 Å². The summed E-state index contributed by atoms with van der Waals surface area (Å²) in [5, 5.41) is 23.0. The average molecular weight is 318 g/mol. The number of halogens is 1. The SMILES string of the molecule is Cc1cc(-c2cn(CC3CC3)nc2O)cc(CCC(=O)O)c1F. The first-order valence-corrected chi connectivity index (χ1v) is 7.71. The van der Waals surface area contributed by atoms with Crippen LogP contribution in [0.3, 0.4) is 0 Å². The number of hydrogen-bond donors (Lipinski definition) is 2. The Labute approximate surface area is 133 Å². The second-order valence-corrected chi connectivity index (χ2v) is 6.19. The van der Waals surface area contributed by atoms with E-state index in [1.807, 2.05) is 0 Å². The number of aromatic hydroxyl groups is 1. The van der Waals surface area contributed by atoms with Gasteiger partial charge in [0.25, 0.3) is 0 Å². The van der Waals surface area contributed by atoms with Crippen molar-refractivity contribution in [3.8, 4) is 17.0 Å². The van der Waals surface area contributed by atoms with E-state index in [9.17, 15) is 14.3 Å². The highest BCUT2D eigenvalue weighted by Gasteiger charge is 2.23. The van der Waals surface area contributed by atoms with Gasteiger partial charge in [0.05, 0.1) is 5.56 Å². The molecule has 6 heteroatoms. The summed E-state index contributed by atoms with van der Waals surface area (Å²) in [4.78, 5) is 10.7. The van der Waals surface area contributed by atoms with E-state index in [1.165, 1.54) is 12.8 Å². The number of rotatable bonds is 6. The predicted octanol–water partition coefficient (Wildman–Crippen LogP) is 3.13. The van der Waals surface area contributed by atoms with Gasteiger partial charge in [-0.15, -0.1) is 5.10 Å². The second-order valence-electron chi connectivity index (χ2n) is 6.19. The van der Waals surface area contributed by atoms with Gasteiger partial charge >= 0.3 is 5.97 Å². The molecule has 122 valence electrons. The Bertz CT molecular complexity index is 751. The third-order valence-electron chi connectivity index (χ3n) is 4.13. The van der Waals surface area contributed by atoms with Crippen LogP contribution in [0, 0.1) is 18.7 Å². The second kappa shape index (κ2) is 6.02. The largest absolute Gasteiger partial charge is 0.492 e. The molecule has 0 saturated heterocycles. The molecule has 23 heavy (non-hydrogen) atoms. The topological polar surface area (TPSA) is 75.3 Å². The van der Waals surface area contributed by atoms with Gasteiger partial charge in [0, 0.05) is 19.2 Å². The predicted molar refractivity (Wildman–Crippen MR) is 82.7 cm³/mol. The Kier molecular flexibility index (Phi) is 4.07. The lowest BCUT2D eigenvalue weighted by Crippen LogP contribution is -2.01. The molecule has 3 rings (SSSR count). The summed E-state index contributed by atoms with van der Waals surface area (Å²) in [6.45, 7) is 2.41. The van der Waals surface area contributed by atoms with Gasteiger partial charge in [-0.25, -0.2) is 4.39 Å². The minimum absolute atomic E-state index is 0.0826. The summed E-state index contributed by atoms with van der Waals surface area (Å²) >= 11 is 0. The number of aromatic nitrogens is 2. The van der Waals surface area contributed by atoms with Crippen LogP contribution in [0.2, 0.25) is 0 Å². The number of aliphatic carboxylic acids is 1. The Hall–Kier alpha value is -2.37. The molecular weight excluding hydrogens is 299 g/mol. The maximum absolute atomic E-state index is 14.2. The molecule has 2 N–H and O–H groups in total. The zero-order chi connectivity index (χ0) is 16.6. The van der Waals surface area contributed by atoms with Crippen molar-refractivity contribution in [2.45, 2.75) is 39.2 Å². The smallest absolute Gasteiger partial charge is 0.303 e. The van der Waals surface area contributed by atoms with Crippen LogP contribution in [0.5, 0.6) is 5.88 Å². The van der Waals surface area contributed by atoms with Gasteiger partial charge in [-0.3, -0.25) is 9.48 Å². The van der Waals surface area contributed by atoms with E-state index in [0.29, 0.717) is 28.2 Å². The molecule has 0 radical (unpaired) electrons. The molecule has 0 aliphatic heterocycles. The Morgan fingerprint density at radius 1 is 1.43 bits per heavy atom. The summed E-state index contributed by atoms with van der Waals surface area (Å²) in [5.41, 5.74) is 1.98. The molecule has 1 heterocycles. The molecular formula is C17H19FN2O3. The van der Waals surface area contributed by atoms with Gasteiger partial charge < -0.3 is 10.2 Å². The zero-order valence-corrected chi connectivity index (χ0v) is 12.9. The van der Waals surface area contributed by atoms with Crippen LogP contribution in [-0.4, -0.2) is 26.0 Å². The van der Waals surface area contributed by atoms with Crippen molar-refractivity contribution >= 4 is 5.97 Å². The maximum Gasteiger partial charge on any atom is 0.303 e. The normalized spacial score (nSPS) is 14.2. The van der Waals surface area contributed by atoms with E-state index in [4.69, 9.17) is 5.11 Å². The Morgan fingerprint density at radius 2 is 2.17 bits per heavy atom. The third-order valence-corrected chi connectivity index (χ3v) is 4.13. The average Bonchev–Trinajstić information content (AvgIpc) is 3.22. The van der Waals surface area contributed by atoms with Crippen molar-refractivity contribution in [2.75, 3.05) is 0 Å². The van der Waals surface area contributed by atoms with Gasteiger partial charge in [0.1, 0.15) is 5.82 Å². The van der Waals surface area contributed by atoms with E-state index in [-0.39, 0.29) is 24.5 Å². The molecule has 2 aromatic rings. The van der Waals surface area contributed by atoms with Gasteiger partial charge in [0.2, 0.25) is 5.88 Å². The first-order chi connectivity index (χ1) is 10.9. The number of carbonyl (C=O) groups is 1. The molecule has 1 saturated carbocycles. The molecule has 0 spiro atoms. The highest BCUT2D eigenvalue weighted by molar-refractivity contribution is 5.70. The van der Waals surface area contributed by atoms with Crippen molar-refractivity contribution in [1.29, 1.82) is 0 Å². The quantitative estimate of drug-likeness (QED) is 0.858. The molecule has 5 nitrogen and oxygen atoms in total. The summed E-state index contributed by atoms with van der Waals surface area (Å²) in [7, 11) is 0. The molecule has 0 atom stereocenters. The van der Waals surface area contributed by atoms with E-state index in [1.54, 1.807) is 29.9 Å². The fourth-order valence-electron chi connectivity index (χ4n) is 2.69. The van der Waals surface area contributed by atoms with Crippen LogP contribution in [0.25, 0.3) is 11.1 Å². The molecule has 1 aliphatic carbocycles. The third kappa shape index (κ3) is 3.52. The highest BCUT2D eigenvalue weighted by Crippen LogP contribution is 2.34. The summed E-state index contributed by atoms with van der Waals surface area (Å²) < 4.78 is 15.9. The van der Waals surface area contributed by atoms with E-state index in [2.05, 4.69) is 5.10 Å². The van der Waals surface area contributed by atoms with Crippen LogP contribution in [0.1, 0.15) is 30.4 Å². The number of aryl methyl sites for hydroxylation is 2. The minimum Gasteiger partial charge on any atom is -0.492 e. The lowest BCUT2D eigenvalue weighted by molar-refractivity contribution is -0.136. The highest BCUT2D eigenvalue weighted by atomic mass is 19.1. The van der Waals surface area contributed by atoms with Crippen LogP contribution in [0.15, 0.2) is 18.3 Å². The Morgan fingerprint density at radius 3 is 2.83 bits per heavy atom. The number of hydrogen-bond acceptors (Lipinski definition) is 3. The van der Waals surface area contributed by atoms with Gasteiger partial charge in [-0.05, 0) is 60.9 Å². The van der Waals surface area contributed by atoms with Gasteiger partial charge in [0.15, 0.2) is 0 Å². The van der Waals surface area contributed by atoms with Gasteiger partial charge in [-0.1, -0.05) is 0 Å². The van der Waals surface area contributed by atoms with Crippen LogP contribution in [0.4, 0.5) is 4.39 Å². The van der Waals surface area contributed by atoms with E-state index in [0.717, 1.165) is 6.54 Å². The molecule has 1 fully saturated rings. The lowest BCUT2D eigenvalue weighted by Gasteiger charge is -2.08. The number of carboxylic acids is 1. The molecule has 0 amide bonds. The monoisotopic (exact) mass is 318 g/mol. The van der Waals surface area contributed by atoms with E-state index < -0.39 is 5.97 Å². The molecule has 0 unspecified atom stereocenters. The summed E-state index contributed by atoms with van der Waals surface area (Å²) in [6, 6.07) is 3.25. The summed E-state index contributed by atoms with van der Waals surface area (Å²) in [6.07, 6.45) is 4.12. The lowest BCUT2D eigenvalue weighted by atomic mass is 9.99. The fourth-order valence-corrected chi connectivity index (χ4v) is 2.69. The standard InChI is InChI=1S/C17H19FN2O3/c1-10-6-13(7-12(16(10)18)4-5-15(21)22)14-9-20(19-17(14)23)8-11-2-3-11/h6-7,9,11H,2-5,8H2,1H3,(H,19,23)(H,21,22). The first-order valence-electron chi connectivity index (χ1n) is 7.71. The van der Waals surface area contributed by atoms with E-state index >= 15 is 0 Å². The molecule has 0 bridgehead atoms. The zero-order valence-electron chi connectivity index (χ0n) is 12.9. The molecule has 1 aromatic heterocycles. The number of carboxylic acid groups (broad SMARTS) is 1. The van der Waals surface area contributed by atoms with Crippen molar-refractivity contribution in [3.63, 3.8) is 0 Å². The first kappa shape index (κ1) is 15.5.